The maximum Gasteiger partial charge on any atom is 0.353 e. The van der Waals surface area contributed by atoms with Crippen molar-refractivity contribution in [2.45, 2.75) is 0 Å². The highest BCUT2D eigenvalue weighted by atomic mass is 32.1. The van der Waals surface area contributed by atoms with Gasteiger partial charge in [-0.15, -0.1) is 11.3 Å². The molecular weight excluding hydrogens is 296 g/mol. The Bertz CT molecular complexity index is 885. The summed E-state index contributed by atoms with van der Waals surface area (Å²) in [5, 5.41) is 23.9. The lowest BCUT2D eigenvalue weighted by Gasteiger charge is -2.06. The quantitative estimate of drug-likeness (QED) is 0.623. The van der Waals surface area contributed by atoms with Gasteiger partial charge in [0.2, 0.25) is 0 Å². The summed E-state index contributed by atoms with van der Waals surface area (Å²) in [6.45, 7) is 0. The van der Waals surface area contributed by atoms with Gasteiger partial charge in [-0.2, -0.15) is 0 Å². The molecule has 2 aromatic heterocycles. The number of carbonyl (C=O) groups is 1. The van der Waals surface area contributed by atoms with Crippen molar-refractivity contribution < 1.29 is 19.4 Å². The minimum Gasteiger partial charge on any atom is -0.508 e. The van der Waals surface area contributed by atoms with Gasteiger partial charge in [0.15, 0.2) is 10.7 Å². The van der Waals surface area contributed by atoms with Crippen molar-refractivity contribution in [1.82, 2.24) is 4.98 Å². The molecule has 8 heteroatoms. The fraction of sp³-hybridized carbons (Fsp3) is 0. The Kier molecular flexibility index (Phi) is 3.07. The van der Waals surface area contributed by atoms with E-state index in [0.717, 1.165) is 0 Å². The molecule has 0 aliphatic rings. The fourth-order valence-corrected chi connectivity index (χ4v) is 2.34. The van der Waals surface area contributed by atoms with Crippen LogP contribution < -0.4 is 10.9 Å². The lowest BCUT2D eigenvalue weighted by Crippen LogP contribution is -2.21. The first-order valence-corrected chi connectivity index (χ1v) is 6.64. The van der Waals surface area contributed by atoms with Crippen LogP contribution >= 0.6 is 11.3 Å². The first kappa shape index (κ1) is 13.1. The van der Waals surface area contributed by atoms with Crippen LogP contribution in [0.2, 0.25) is 0 Å². The van der Waals surface area contributed by atoms with E-state index in [1.54, 1.807) is 5.38 Å². The van der Waals surface area contributed by atoms with Crippen LogP contribution in [0.3, 0.4) is 0 Å². The fourth-order valence-electron chi connectivity index (χ4n) is 1.82. The van der Waals surface area contributed by atoms with Crippen molar-refractivity contribution in [3.05, 3.63) is 45.8 Å². The lowest BCUT2D eigenvalue weighted by atomic mass is 10.1. The number of nitrogens with one attached hydrogen (secondary N) is 1. The molecule has 3 N–H and O–H groups in total. The van der Waals surface area contributed by atoms with Crippen LogP contribution in [0.25, 0.3) is 11.0 Å². The van der Waals surface area contributed by atoms with E-state index in [1.165, 1.54) is 35.7 Å². The van der Waals surface area contributed by atoms with E-state index in [0.29, 0.717) is 5.13 Å². The number of hydrogen-bond donors (Lipinski definition) is 3. The van der Waals surface area contributed by atoms with Gasteiger partial charge in [0, 0.05) is 17.6 Å². The molecule has 21 heavy (non-hydrogen) atoms. The Hall–Kier alpha value is -2.87. The molecule has 7 nitrogen and oxygen atoms in total. The third-order valence-corrected chi connectivity index (χ3v) is 3.43. The first-order valence-electron chi connectivity index (χ1n) is 5.76. The van der Waals surface area contributed by atoms with Crippen molar-refractivity contribution in [2.75, 3.05) is 5.32 Å². The van der Waals surface area contributed by atoms with E-state index in [1.807, 2.05) is 0 Å². The molecule has 1 aromatic carbocycles. The summed E-state index contributed by atoms with van der Waals surface area (Å²) in [5.74, 6) is -1.44. The molecule has 106 valence electrons. The van der Waals surface area contributed by atoms with E-state index < -0.39 is 22.8 Å². The van der Waals surface area contributed by atoms with Gasteiger partial charge in [0.1, 0.15) is 17.1 Å². The van der Waals surface area contributed by atoms with Gasteiger partial charge in [-0.25, -0.2) is 9.78 Å². The van der Waals surface area contributed by atoms with Gasteiger partial charge in [-0.05, 0) is 12.1 Å². The van der Waals surface area contributed by atoms with Crippen LogP contribution in [0.4, 0.5) is 5.13 Å². The Labute approximate surface area is 121 Å². The number of aromatic nitrogens is 1. The maximum atomic E-state index is 12.1. The van der Waals surface area contributed by atoms with Crippen molar-refractivity contribution in [2.24, 2.45) is 0 Å². The predicted molar refractivity (Wildman–Crippen MR) is 75.9 cm³/mol. The van der Waals surface area contributed by atoms with Gasteiger partial charge >= 0.3 is 5.63 Å². The number of benzene rings is 1. The highest BCUT2D eigenvalue weighted by Crippen LogP contribution is 2.29. The van der Waals surface area contributed by atoms with E-state index in [9.17, 15) is 19.8 Å². The zero-order valence-electron chi connectivity index (χ0n) is 10.4. The van der Waals surface area contributed by atoms with Crippen molar-refractivity contribution >= 4 is 33.3 Å². The van der Waals surface area contributed by atoms with Crippen LogP contribution in [0.5, 0.6) is 11.5 Å². The highest BCUT2D eigenvalue weighted by molar-refractivity contribution is 7.13. The summed E-state index contributed by atoms with van der Waals surface area (Å²) in [5.41, 5.74) is -1.52. The number of thiazole rings is 1. The molecule has 0 fully saturated rings. The average molecular weight is 304 g/mol. The Balaban J connectivity index is 2.12. The van der Waals surface area contributed by atoms with Crippen LogP contribution in [0.15, 0.2) is 39.0 Å². The first-order chi connectivity index (χ1) is 10.1. The standard InChI is InChI=1S/C13H8N2O5S/c16-6-1-2-7-8(5-6)20-12(19)9(10(7)17)11(18)15-13-14-3-4-21-13/h1-5,16-17H,(H,14,15,18). The summed E-state index contributed by atoms with van der Waals surface area (Å²) in [6, 6.07) is 3.84. The van der Waals surface area contributed by atoms with Crippen LogP contribution in [0.1, 0.15) is 10.4 Å². The van der Waals surface area contributed by atoms with Gasteiger partial charge in [0.05, 0.1) is 5.39 Å². The molecule has 0 unspecified atom stereocenters. The summed E-state index contributed by atoms with van der Waals surface area (Å²) in [4.78, 5) is 27.8. The summed E-state index contributed by atoms with van der Waals surface area (Å²) >= 11 is 1.17. The van der Waals surface area contributed by atoms with Gasteiger partial charge in [-0.1, -0.05) is 0 Å². The maximum absolute atomic E-state index is 12.1. The Morgan fingerprint density at radius 3 is 2.86 bits per heavy atom. The van der Waals surface area contributed by atoms with Crippen molar-refractivity contribution in [3.63, 3.8) is 0 Å². The second-order valence-corrected chi connectivity index (χ2v) is 4.98. The van der Waals surface area contributed by atoms with Crippen LogP contribution in [0, 0.1) is 0 Å². The number of nitrogens with zero attached hydrogens (tertiary/aromatic N) is 1. The number of anilines is 1. The molecule has 0 bridgehead atoms. The predicted octanol–water partition coefficient (Wildman–Crippen LogP) is 1.91. The minimum atomic E-state index is -1.00. The van der Waals surface area contributed by atoms with E-state index >= 15 is 0 Å². The van der Waals surface area contributed by atoms with Gasteiger partial charge < -0.3 is 14.6 Å². The van der Waals surface area contributed by atoms with Crippen LogP contribution in [-0.2, 0) is 0 Å². The number of phenolic OH excluding ortho intramolecular Hbond substituents is 1. The number of hydrogen-bond acceptors (Lipinski definition) is 7. The molecule has 0 saturated heterocycles. The second kappa shape index (κ2) is 4.91. The molecule has 1 amide bonds. The second-order valence-electron chi connectivity index (χ2n) is 4.08. The minimum absolute atomic E-state index is 0.0108. The normalized spacial score (nSPS) is 10.7. The van der Waals surface area contributed by atoms with E-state index in [4.69, 9.17) is 4.42 Å². The topological polar surface area (TPSA) is 113 Å². The summed E-state index contributed by atoms with van der Waals surface area (Å²) in [7, 11) is 0. The number of aromatic hydroxyl groups is 2. The van der Waals surface area contributed by atoms with Gasteiger partial charge in [-0.3, -0.25) is 10.1 Å². The molecule has 0 aliphatic carbocycles. The molecule has 0 atom stereocenters. The summed E-state index contributed by atoms with van der Waals surface area (Å²) < 4.78 is 4.94. The largest absolute Gasteiger partial charge is 0.508 e. The molecule has 3 aromatic rings. The van der Waals surface area contributed by atoms with Crippen molar-refractivity contribution in [3.8, 4) is 11.5 Å². The number of phenols is 1. The van der Waals surface area contributed by atoms with E-state index in [2.05, 4.69) is 10.3 Å². The summed E-state index contributed by atoms with van der Waals surface area (Å²) in [6.07, 6.45) is 1.49. The van der Waals surface area contributed by atoms with Crippen LogP contribution in [-0.4, -0.2) is 21.1 Å². The SMILES string of the molecule is O=C(Nc1nccs1)c1c(O)c2ccc(O)cc2oc1=O. The molecule has 2 heterocycles. The molecule has 0 aliphatic heterocycles. The highest BCUT2D eigenvalue weighted by Gasteiger charge is 2.21. The molecule has 0 spiro atoms. The van der Waals surface area contributed by atoms with E-state index in [-0.39, 0.29) is 16.7 Å². The third kappa shape index (κ3) is 2.32. The zero-order chi connectivity index (χ0) is 15.0. The molecule has 0 saturated carbocycles. The van der Waals surface area contributed by atoms with Crippen molar-refractivity contribution in [1.29, 1.82) is 0 Å². The smallest absolute Gasteiger partial charge is 0.353 e. The zero-order valence-corrected chi connectivity index (χ0v) is 11.2. The number of amides is 1. The number of rotatable bonds is 2. The number of fused-ring (bicyclic) bond motifs is 1. The molecule has 3 rings (SSSR count). The number of carbonyl (C=O) groups excluding carboxylic acids is 1. The lowest BCUT2D eigenvalue weighted by molar-refractivity contribution is 0.102. The Morgan fingerprint density at radius 2 is 2.14 bits per heavy atom. The monoisotopic (exact) mass is 304 g/mol. The average Bonchev–Trinajstić information content (AvgIpc) is 2.90. The Morgan fingerprint density at radius 1 is 1.33 bits per heavy atom. The molecular formula is C13H8N2O5S. The van der Waals surface area contributed by atoms with Gasteiger partial charge in [0.25, 0.3) is 5.91 Å². The molecule has 0 radical (unpaired) electrons. The third-order valence-electron chi connectivity index (χ3n) is 2.74.